The van der Waals surface area contributed by atoms with Gasteiger partial charge in [0.2, 0.25) is 5.91 Å². The summed E-state index contributed by atoms with van der Waals surface area (Å²) in [6, 6.07) is 15.5. The molecule has 0 saturated heterocycles. The number of aryl methyl sites for hydroxylation is 1. The number of carbonyl (C=O) groups excluding carboxylic acids is 1. The summed E-state index contributed by atoms with van der Waals surface area (Å²) in [6.07, 6.45) is 0. The smallest absolute Gasteiger partial charge is 0.234 e. The Balaban J connectivity index is 1.75. The van der Waals surface area contributed by atoms with Gasteiger partial charge in [-0.05, 0) is 48.7 Å². The number of thioether (sulfide) groups is 1. The minimum atomic E-state index is -0.0607. The van der Waals surface area contributed by atoms with Crippen LogP contribution in [0.1, 0.15) is 19.4 Å². The fourth-order valence-electron chi connectivity index (χ4n) is 2.91. The van der Waals surface area contributed by atoms with E-state index in [0.29, 0.717) is 5.92 Å². The summed E-state index contributed by atoms with van der Waals surface area (Å²) in [5.41, 5.74) is 2.84. The molecule has 0 bridgehead atoms. The molecule has 0 aliphatic carbocycles. The fourth-order valence-corrected chi connectivity index (χ4v) is 3.66. The molecule has 0 unspecified atom stereocenters. The van der Waals surface area contributed by atoms with Crippen molar-refractivity contribution in [3.63, 3.8) is 0 Å². The van der Waals surface area contributed by atoms with Gasteiger partial charge in [0.05, 0.1) is 12.9 Å². The van der Waals surface area contributed by atoms with E-state index < -0.39 is 0 Å². The first kappa shape index (κ1) is 20.9. The Morgan fingerprint density at radius 2 is 1.86 bits per heavy atom. The van der Waals surface area contributed by atoms with Gasteiger partial charge in [-0.25, -0.2) is 0 Å². The molecule has 29 heavy (non-hydrogen) atoms. The van der Waals surface area contributed by atoms with Crippen molar-refractivity contribution < 1.29 is 9.53 Å². The van der Waals surface area contributed by atoms with Crippen molar-refractivity contribution >= 4 is 23.4 Å². The van der Waals surface area contributed by atoms with E-state index in [4.69, 9.17) is 4.74 Å². The summed E-state index contributed by atoms with van der Waals surface area (Å²) in [4.78, 5) is 12.4. The number of hydrogen-bond acceptors (Lipinski definition) is 5. The molecule has 152 valence electrons. The van der Waals surface area contributed by atoms with Crippen LogP contribution >= 0.6 is 11.8 Å². The lowest BCUT2D eigenvalue weighted by Gasteiger charge is -2.13. The first-order valence-electron chi connectivity index (χ1n) is 9.54. The predicted octanol–water partition coefficient (Wildman–Crippen LogP) is 4.65. The van der Waals surface area contributed by atoms with Crippen LogP contribution < -0.4 is 10.1 Å². The Morgan fingerprint density at radius 1 is 1.14 bits per heavy atom. The van der Waals surface area contributed by atoms with Crippen molar-refractivity contribution in [1.29, 1.82) is 0 Å². The van der Waals surface area contributed by atoms with E-state index >= 15 is 0 Å². The van der Waals surface area contributed by atoms with E-state index in [0.717, 1.165) is 40.1 Å². The molecule has 0 aliphatic rings. The number of nitrogens with zero attached hydrogens (tertiary/aromatic N) is 3. The van der Waals surface area contributed by atoms with Crippen LogP contribution in [0, 0.1) is 12.8 Å². The van der Waals surface area contributed by atoms with E-state index in [1.807, 2.05) is 55.5 Å². The summed E-state index contributed by atoms with van der Waals surface area (Å²) in [5, 5.41) is 12.4. The maximum absolute atomic E-state index is 12.4. The number of para-hydroxylation sites is 1. The molecule has 0 fully saturated rings. The summed E-state index contributed by atoms with van der Waals surface area (Å²) in [6.45, 7) is 7.05. The number of anilines is 1. The molecule has 0 saturated carbocycles. The second-order valence-electron chi connectivity index (χ2n) is 7.19. The maximum Gasteiger partial charge on any atom is 0.234 e. The zero-order valence-corrected chi connectivity index (χ0v) is 18.0. The quantitative estimate of drug-likeness (QED) is 0.548. The molecular formula is C22H26N4O2S. The lowest BCUT2D eigenvalue weighted by atomic mass is 10.2. The van der Waals surface area contributed by atoms with Gasteiger partial charge < -0.3 is 14.6 Å². The normalized spacial score (nSPS) is 10.9. The molecule has 7 heteroatoms. The van der Waals surface area contributed by atoms with Crippen molar-refractivity contribution in [1.82, 2.24) is 14.8 Å². The number of carbonyl (C=O) groups is 1. The van der Waals surface area contributed by atoms with Gasteiger partial charge >= 0.3 is 0 Å². The van der Waals surface area contributed by atoms with Crippen molar-refractivity contribution in [2.24, 2.45) is 5.92 Å². The Morgan fingerprint density at radius 3 is 2.52 bits per heavy atom. The number of benzene rings is 2. The summed E-state index contributed by atoms with van der Waals surface area (Å²) < 4.78 is 7.32. The lowest BCUT2D eigenvalue weighted by molar-refractivity contribution is -0.113. The van der Waals surface area contributed by atoms with Gasteiger partial charge in [-0.1, -0.05) is 43.8 Å². The van der Waals surface area contributed by atoms with E-state index in [9.17, 15) is 4.79 Å². The van der Waals surface area contributed by atoms with E-state index in [1.54, 1.807) is 7.11 Å². The van der Waals surface area contributed by atoms with Crippen LogP contribution in [0.5, 0.6) is 5.75 Å². The van der Waals surface area contributed by atoms with Crippen molar-refractivity contribution in [2.45, 2.75) is 32.5 Å². The third-order valence-electron chi connectivity index (χ3n) is 4.36. The van der Waals surface area contributed by atoms with Crippen LogP contribution in [0.2, 0.25) is 0 Å². The van der Waals surface area contributed by atoms with Gasteiger partial charge in [-0.3, -0.25) is 4.79 Å². The largest absolute Gasteiger partial charge is 0.497 e. The molecule has 0 radical (unpaired) electrons. The Bertz CT molecular complexity index is 967. The molecule has 1 amide bonds. The van der Waals surface area contributed by atoms with Crippen LogP contribution in [0.25, 0.3) is 11.4 Å². The van der Waals surface area contributed by atoms with Crippen molar-refractivity contribution in [3.8, 4) is 17.1 Å². The second-order valence-corrected chi connectivity index (χ2v) is 8.13. The zero-order valence-electron chi connectivity index (χ0n) is 17.2. The number of methoxy groups -OCH3 is 1. The molecule has 0 atom stereocenters. The minimum absolute atomic E-state index is 0.0607. The molecule has 3 aromatic rings. The molecule has 0 spiro atoms. The SMILES string of the molecule is COc1ccc(-c2nnc(SCC(=O)Nc3ccccc3C)n2CC(C)C)cc1. The standard InChI is InChI=1S/C22H26N4O2S/c1-15(2)13-26-21(17-9-11-18(28-4)12-10-17)24-25-22(26)29-14-20(27)23-19-8-6-5-7-16(19)3/h5-12,15H,13-14H2,1-4H3,(H,23,27). The topological polar surface area (TPSA) is 69.0 Å². The van der Waals surface area contributed by atoms with Crippen LogP contribution in [-0.4, -0.2) is 33.5 Å². The molecule has 3 rings (SSSR count). The van der Waals surface area contributed by atoms with Gasteiger partial charge in [0.15, 0.2) is 11.0 Å². The molecule has 0 aliphatic heterocycles. The van der Waals surface area contributed by atoms with Gasteiger partial charge in [-0.2, -0.15) is 0 Å². The molecule has 1 N–H and O–H groups in total. The maximum atomic E-state index is 12.4. The number of amides is 1. The lowest BCUT2D eigenvalue weighted by Crippen LogP contribution is -2.15. The number of rotatable bonds is 8. The summed E-state index contributed by atoms with van der Waals surface area (Å²) in [5.74, 6) is 2.22. The van der Waals surface area contributed by atoms with E-state index in [1.165, 1.54) is 11.8 Å². The number of ether oxygens (including phenoxy) is 1. The van der Waals surface area contributed by atoms with E-state index in [2.05, 4.69) is 33.9 Å². The predicted molar refractivity (Wildman–Crippen MR) is 117 cm³/mol. The highest BCUT2D eigenvalue weighted by atomic mass is 32.2. The summed E-state index contributed by atoms with van der Waals surface area (Å²) >= 11 is 1.40. The third kappa shape index (κ3) is 5.38. The van der Waals surface area contributed by atoms with Gasteiger partial charge in [-0.15, -0.1) is 10.2 Å². The summed E-state index contributed by atoms with van der Waals surface area (Å²) in [7, 11) is 1.65. The fraction of sp³-hybridized carbons (Fsp3) is 0.318. The average molecular weight is 411 g/mol. The highest BCUT2D eigenvalue weighted by molar-refractivity contribution is 7.99. The van der Waals surface area contributed by atoms with Crippen LogP contribution in [-0.2, 0) is 11.3 Å². The number of hydrogen-bond donors (Lipinski definition) is 1. The van der Waals surface area contributed by atoms with E-state index in [-0.39, 0.29) is 11.7 Å². The molecule has 6 nitrogen and oxygen atoms in total. The number of nitrogens with one attached hydrogen (secondary N) is 1. The Labute approximate surface area is 175 Å². The highest BCUT2D eigenvalue weighted by Gasteiger charge is 2.17. The van der Waals surface area contributed by atoms with Gasteiger partial charge in [0, 0.05) is 17.8 Å². The second kappa shape index (κ2) is 9.60. The molecule has 1 aromatic heterocycles. The van der Waals surface area contributed by atoms with Crippen molar-refractivity contribution in [3.05, 3.63) is 54.1 Å². The van der Waals surface area contributed by atoms with Crippen LogP contribution in [0.4, 0.5) is 5.69 Å². The first-order chi connectivity index (χ1) is 14.0. The average Bonchev–Trinajstić information content (AvgIpc) is 3.10. The van der Waals surface area contributed by atoms with Gasteiger partial charge in [0.1, 0.15) is 5.75 Å². The van der Waals surface area contributed by atoms with Crippen LogP contribution in [0.15, 0.2) is 53.7 Å². The molecule has 1 heterocycles. The highest BCUT2D eigenvalue weighted by Crippen LogP contribution is 2.27. The zero-order chi connectivity index (χ0) is 20.8. The minimum Gasteiger partial charge on any atom is -0.497 e. The van der Waals surface area contributed by atoms with Crippen LogP contribution in [0.3, 0.4) is 0 Å². The third-order valence-corrected chi connectivity index (χ3v) is 5.33. The monoisotopic (exact) mass is 410 g/mol. The van der Waals surface area contributed by atoms with Crippen molar-refractivity contribution in [2.75, 3.05) is 18.2 Å². The molecule has 2 aromatic carbocycles. The Hall–Kier alpha value is -2.80. The molecular weight excluding hydrogens is 384 g/mol. The Kier molecular flexibility index (Phi) is 6.93. The first-order valence-corrected chi connectivity index (χ1v) is 10.5. The number of aromatic nitrogens is 3. The van der Waals surface area contributed by atoms with Gasteiger partial charge in [0.25, 0.3) is 0 Å².